The van der Waals surface area contributed by atoms with Gasteiger partial charge in [0.1, 0.15) is 12.6 Å². The van der Waals surface area contributed by atoms with E-state index >= 15 is 0 Å². The van der Waals surface area contributed by atoms with Gasteiger partial charge in [0.05, 0.1) is 13.2 Å². The summed E-state index contributed by atoms with van der Waals surface area (Å²) in [4.78, 5) is 24.7. The van der Waals surface area contributed by atoms with Crippen LogP contribution in [0.2, 0.25) is 0 Å². The Morgan fingerprint density at radius 1 is 0.675 bits per heavy atom. The normalized spacial score (nSPS) is 12.1. The molecule has 0 heterocycles. The summed E-state index contributed by atoms with van der Waals surface area (Å²) in [6.45, 7) is 8.10. The second kappa shape index (κ2) is 31.2. The zero-order valence-electron chi connectivity index (χ0n) is 26.5. The van der Waals surface area contributed by atoms with Crippen LogP contribution in [0.3, 0.4) is 0 Å². The molecule has 238 valence electrons. The Balaban J connectivity index is 4.17. The van der Waals surface area contributed by atoms with E-state index in [1.54, 1.807) is 0 Å². The van der Waals surface area contributed by atoms with Crippen molar-refractivity contribution in [1.29, 1.82) is 0 Å². The number of aliphatic hydroxyl groups is 1. The molecule has 0 aliphatic carbocycles. The van der Waals surface area contributed by atoms with Gasteiger partial charge in [0.2, 0.25) is 0 Å². The van der Waals surface area contributed by atoms with Crippen LogP contribution in [-0.2, 0) is 19.1 Å². The Morgan fingerprint density at radius 2 is 1.27 bits per heavy atom. The molecule has 0 rings (SSSR count). The molecule has 40 heavy (non-hydrogen) atoms. The number of ether oxygens (including phenoxy) is 2. The highest BCUT2D eigenvalue weighted by Crippen LogP contribution is 2.22. The van der Waals surface area contributed by atoms with Gasteiger partial charge in [-0.05, 0) is 37.4 Å². The molecule has 0 aromatic rings. The summed E-state index contributed by atoms with van der Waals surface area (Å²) in [5.41, 5.74) is 0. The molecule has 6 nitrogen and oxygen atoms in total. The third-order valence-corrected chi connectivity index (χ3v) is 8.53. The van der Waals surface area contributed by atoms with Gasteiger partial charge in [-0.25, -0.2) is 0 Å². The first-order chi connectivity index (χ1) is 19.6. The predicted octanol–water partition coefficient (Wildman–Crippen LogP) is 8.23. The van der Waals surface area contributed by atoms with Crippen molar-refractivity contribution in [1.82, 2.24) is 5.32 Å². The van der Waals surface area contributed by atoms with Crippen molar-refractivity contribution in [2.24, 2.45) is 5.92 Å². The third kappa shape index (κ3) is 26.1. The monoisotopic (exact) mass is 587 g/mol. The van der Waals surface area contributed by atoms with Crippen molar-refractivity contribution in [3.63, 3.8) is 0 Å². The van der Waals surface area contributed by atoms with Crippen LogP contribution in [0.4, 0.5) is 0 Å². The minimum absolute atomic E-state index is 0.00883. The second-order valence-electron chi connectivity index (χ2n) is 11.2. The van der Waals surface area contributed by atoms with Crippen LogP contribution in [0.25, 0.3) is 0 Å². The van der Waals surface area contributed by atoms with Crippen LogP contribution < -0.4 is 5.32 Å². The Labute approximate surface area is 251 Å². The number of aliphatic hydroxyl groups excluding tert-OH is 1. The predicted molar refractivity (Wildman–Crippen MR) is 171 cm³/mol. The lowest BCUT2D eigenvalue weighted by Crippen LogP contribution is -2.39. The van der Waals surface area contributed by atoms with Crippen LogP contribution >= 0.6 is 11.8 Å². The zero-order chi connectivity index (χ0) is 29.5. The van der Waals surface area contributed by atoms with Crippen LogP contribution in [0.1, 0.15) is 149 Å². The van der Waals surface area contributed by atoms with Crippen LogP contribution in [0.15, 0.2) is 0 Å². The molecule has 7 heteroatoms. The molecule has 0 aliphatic heterocycles. The summed E-state index contributed by atoms with van der Waals surface area (Å²) in [5.74, 6) is 2.41. The van der Waals surface area contributed by atoms with Gasteiger partial charge < -0.3 is 19.9 Å². The van der Waals surface area contributed by atoms with Gasteiger partial charge in [-0.15, -0.1) is 0 Å². The highest BCUT2D eigenvalue weighted by atomic mass is 32.2. The van der Waals surface area contributed by atoms with E-state index in [4.69, 9.17) is 9.47 Å². The highest BCUT2D eigenvalue weighted by Gasteiger charge is 2.19. The first-order valence-electron chi connectivity index (χ1n) is 16.8. The molecule has 2 N–H and O–H groups in total. The quantitative estimate of drug-likeness (QED) is 0.0624. The van der Waals surface area contributed by atoms with Crippen molar-refractivity contribution in [2.45, 2.75) is 155 Å². The first kappa shape index (κ1) is 39.2. The molecular weight excluding hydrogens is 522 g/mol. The van der Waals surface area contributed by atoms with Gasteiger partial charge in [-0.3, -0.25) is 9.59 Å². The molecule has 0 spiro atoms. The standard InChI is InChI=1S/C33H65NO5S/c1-4-7-10-15-19-30(20-16-11-8-5-2)23-26-39-33(37)31(34-24-25-35)21-17-13-12-14-18-22-32(36)38-27-29-40-28-9-6-3/h30-31,34-35H,4-29H2,1-3H3. The van der Waals surface area contributed by atoms with Crippen molar-refractivity contribution < 1.29 is 24.2 Å². The van der Waals surface area contributed by atoms with E-state index in [2.05, 4.69) is 26.1 Å². The molecule has 0 bridgehead atoms. The van der Waals surface area contributed by atoms with Crippen LogP contribution in [0.5, 0.6) is 0 Å². The number of unbranched alkanes of at least 4 members (excludes halogenated alkanes) is 11. The molecule has 0 aliphatic rings. The van der Waals surface area contributed by atoms with Crippen molar-refractivity contribution in [3.05, 3.63) is 0 Å². The Morgan fingerprint density at radius 3 is 1.93 bits per heavy atom. The number of hydrogen-bond donors (Lipinski definition) is 2. The molecule has 0 radical (unpaired) electrons. The molecule has 0 aromatic heterocycles. The Bertz CT molecular complexity index is 551. The Kier molecular flexibility index (Phi) is 30.5. The summed E-state index contributed by atoms with van der Waals surface area (Å²) in [5, 5.41) is 12.4. The number of hydrogen-bond acceptors (Lipinski definition) is 7. The molecule has 0 amide bonds. The first-order valence-corrected chi connectivity index (χ1v) is 18.0. The number of rotatable bonds is 31. The minimum atomic E-state index is -0.357. The second-order valence-corrected chi connectivity index (χ2v) is 12.5. The number of thioether (sulfide) groups is 1. The van der Waals surface area contributed by atoms with Gasteiger partial charge in [0.15, 0.2) is 0 Å². The molecule has 0 aromatic carbocycles. The average molecular weight is 588 g/mol. The summed E-state index contributed by atoms with van der Waals surface area (Å²) in [6.07, 6.45) is 22.2. The van der Waals surface area contributed by atoms with Crippen molar-refractivity contribution in [2.75, 3.05) is 37.9 Å². The smallest absolute Gasteiger partial charge is 0.323 e. The molecule has 1 unspecified atom stereocenters. The van der Waals surface area contributed by atoms with Crippen molar-refractivity contribution >= 4 is 23.7 Å². The SMILES string of the molecule is CCCCCCC(CCCCCC)CCOC(=O)C(CCCCCCCC(=O)OCCSCCCC)NCCO. The number of carbonyl (C=O) groups is 2. The molecule has 0 saturated heterocycles. The Hall–Kier alpha value is -0.790. The lowest BCUT2D eigenvalue weighted by Gasteiger charge is -2.20. The molecule has 1 atom stereocenters. The fourth-order valence-corrected chi connectivity index (χ4v) is 5.80. The van der Waals surface area contributed by atoms with E-state index in [0.717, 1.165) is 50.0 Å². The van der Waals surface area contributed by atoms with Crippen LogP contribution in [0, 0.1) is 5.92 Å². The third-order valence-electron chi connectivity index (χ3n) is 7.50. The van der Waals surface area contributed by atoms with E-state index in [1.165, 1.54) is 77.0 Å². The van der Waals surface area contributed by atoms with Gasteiger partial charge in [0, 0.05) is 18.7 Å². The number of esters is 2. The minimum Gasteiger partial charge on any atom is -0.465 e. The number of carbonyl (C=O) groups excluding carboxylic acids is 2. The highest BCUT2D eigenvalue weighted by molar-refractivity contribution is 7.99. The number of nitrogens with one attached hydrogen (secondary N) is 1. The van der Waals surface area contributed by atoms with E-state index in [0.29, 0.717) is 38.5 Å². The summed E-state index contributed by atoms with van der Waals surface area (Å²) in [6, 6.07) is -0.357. The average Bonchev–Trinajstić information content (AvgIpc) is 2.95. The molecule has 0 fully saturated rings. The van der Waals surface area contributed by atoms with E-state index in [9.17, 15) is 14.7 Å². The van der Waals surface area contributed by atoms with Gasteiger partial charge in [-0.2, -0.15) is 11.8 Å². The maximum Gasteiger partial charge on any atom is 0.323 e. The topological polar surface area (TPSA) is 84.9 Å². The van der Waals surface area contributed by atoms with E-state index in [1.807, 2.05) is 11.8 Å². The lowest BCUT2D eigenvalue weighted by molar-refractivity contribution is -0.147. The van der Waals surface area contributed by atoms with E-state index in [-0.39, 0.29) is 24.6 Å². The van der Waals surface area contributed by atoms with Gasteiger partial charge >= 0.3 is 11.9 Å². The molecule has 0 saturated carbocycles. The summed E-state index contributed by atoms with van der Waals surface area (Å²) >= 11 is 1.85. The zero-order valence-corrected chi connectivity index (χ0v) is 27.3. The van der Waals surface area contributed by atoms with Crippen molar-refractivity contribution in [3.8, 4) is 0 Å². The van der Waals surface area contributed by atoms with E-state index < -0.39 is 0 Å². The lowest BCUT2D eigenvalue weighted by atomic mass is 9.92. The van der Waals surface area contributed by atoms with Gasteiger partial charge in [-0.1, -0.05) is 117 Å². The maximum absolute atomic E-state index is 12.8. The van der Waals surface area contributed by atoms with Gasteiger partial charge in [0.25, 0.3) is 0 Å². The fraction of sp³-hybridized carbons (Fsp3) is 0.939. The molecular formula is C33H65NO5S. The largest absolute Gasteiger partial charge is 0.465 e. The summed E-state index contributed by atoms with van der Waals surface area (Å²) in [7, 11) is 0. The maximum atomic E-state index is 12.8. The summed E-state index contributed by atoms with van der Waals surface area (Å²) < 4.78 is 11.0. The fourth-order valence-electron chi connectivity index (χ4n) is 4.90. The van der Waals surface area contributed by atoms with Crippen LogP contribution in [-0.4, -0.2) is 61.0 Å².